The molecule has 1 aliphatic carbocycles. The molecule has 0 heterocycles. The lowest BCUT2D eigenvalue weighted by Gasteiger charge is -2.09. The summed E-state index contributed by atoms with van der Waals surface area (Å²) in [4.78, 5) is 0. The number of benzene rings is 1. The molecule has 0 bridgehead atoms. The molecule has 1 radical (unpaired) electrons. The van der Waals surface area contributed by atoms with Crippen LogP contribution < -0.4 is 0 Å². The zero-order valence-electron chi connectivity index (χ0n) is 7.11. The summed E-state index contributed by atoms with van der Waals surface area (Å²) in [6, 6.07) is 3.17. The fourth-order valence-electron chi connectivity index (χ4n) is 1.33. The Morgan fingerprint density at radius 2 is 1.86 bits per heavy atom. The highest BCUT2D eigenvalue weighted by atomic mass is 19.4. The van der Waals surface area contributed by atoms with Crippen LogP contribution in [0.3, 0.4) is 0 Å². The normalized spacial score (nSPS) is 17.1. The van der Waals surface area contributed by atoms with Gasteiger partial charge in [-0.2, -0.15) is 13.2 Å². The van der Waals surface area contributed by atoms with Gasteiger partial charge in [0.2, 0.25) is 0 Å². The molecule has 0 N–H and O–H groups in total. The number of hydrogen-bond donors (Lipinski definition) is 0. The topological polar surface area (TPSA) is 0 Å². The van der Waals surface area contributed by atoms with Crippen molar-refractivity contribution in [1.29, 1.82) is 0 Å². The van der Waals surface area contributed by atoms with E-state index in [2.05, 4.69) is 0 Å². The van der Waals surface area contributed by atoms with Gasteiger partial charge in [0.25, 0.3) is 0 Å². The molecule has 1 saturated carbocycles. The van der Waals surface area contributed by atoms with E-state index < -0.39 is 17.6 Å². The van der Waals surface area contributed by atoms with Gasteiger partial charge in [0, 0.05) is 0 Å². The van der Waals surface area contributed by atoms with Crippen molar-refractivity contribution < 1.29 is 17.6 Å². The monoisotopic (exact) mass is 203 g/mol. The number of alkyl halides is 3. The van der Waals surface area contributed by atoms with Crippen LogP contribution >= 0.6 is 0 Å². The first-order valence-corrected chi connectivity index (χ1v) is 4.18. The molecule has 1 aliphatic rings. The maximum atomic E-state index is 12.8. The standard InChI is InChI=1S/C10H7F4/c11-9-4-3-7(6-1-2-6)5-8(9)10(12,13)14/h1,3-6H,2H2/t6-/m0/s1. The molecule has 1 aromatic carbocycles. The molecule has 14 heavy (non-hydrogen) atoms. The van der Waals surface area contributed by atoms with Gasteiger partial charge in [-0.05, 0) is 36.5 Å². The van der Waals surface area contributed by atoms with E-state index in [1.54, 1.807) is 0 Å². The summed E-state index contributed by atoms with van der Waals surface area (Å²) in [6.45, 7) is 0. The summed E-state index contributed by atoms with van der Waals surface area (Å²) < 4.78 is 49.6. The Bertz CT molecular complexity index is 350. The highest BCUT2D eigenvalue weighted by Gasteiger charge is 2.35. The molecule has 0 nitrogen and oxygen atoms in total. The van der Waals surface area contributed by atoms with Crippen LogP contribution in [0.2, 0.25) is 0 Å². The first-order valence-electron chi connectivity index (χ1n) is 4.18. The molecule has 1 fully saturated rings. The summed E-state index contributed by atoms with van der Waals surface area (Å²) in [7, 11) is 0. The molecule has 0 spiro atoms. The fourth-order valence-corrected chi connectivity index (χ4v) is 1.33. The molecule has 0 aliphatic heterocycles. The van der Waals surface area contributed by atoms with E-state index in [-0.39, 0.29) is 5.92 Å². The van der Waals surface area contributed by atoms with E-state index >= 15 is 0 Å². The van der Waals surface area contributed by atoms with Gasteiger partial charge in [-0.1, -0.05) is 6.07 Å². The Morgan fingerprint density at radius 3 is 2.36 bits per heavy atom. The molecule has 1 atom stereocenters. The maximum Gasteiger partial charge on any atom is 0.419 e. The third-order valence-corrected chi connectivity index (χ3v) is 2.20. The second-order valence-electron chi connectivity index (χ2n) is 3.31. The van der Waals surface area contributed by atoms with Crippen molar-refractivity contribution in [2.75, 3.05) is 0 Å². The van der Waals surface area contributed by atoms with Crippen molar-refractivity contribution in [3.63, 3.8) is 0 Å². The van der Waals surface area contributed by atoms with Crippen molar-refractivity contribution in [2.24, 2.45) is 0 Å². The highest BCUT2D eigenvalue weighted by Crippen LogP contribution is 2.41. The van der Waals surface area contributed by atoms with E-state index in [0.29, 0.717) is 5.56 Å². The lowest BCUT2D eigenvalue weighted by molar-refractivity contribution is -0.140. The largest absolute Gasteiger partial charge is 0.419 e. The van der Waals surface area contributed by atoms with Crippen LogP contribution in [0, 0.1) is 12.2 Å². The first-order chi connectivity index (χ1) is 6.48. The minimum atomic E-state index is -4.60. The SMILES string of the molecule is Fc1ccc([C@H]2[CH]C2)cc1C(F)(F)F. The fraction of sp³-hybridized carbons (Fsp3) is 0.300. The Balaban J connectivity index is 2.41. The average molecular weight is 203 g/mol. The van der Waals surface area contributed by atoms with E-state index in [9.17, 15) is 17.6 Å². The van der Waals surface area contributed by atoms with E-state index in [4.69, 9.17) is 0 Å². The number of halogens is 4. The van der Waals surface area contributed by atoms with Gasteiger partial charge in [-0.3, -0.25) is 0 Å². The zero-order valence-corrected chi connectivity index (χ0v) is 7.11. The second kappa shape index (κ2) is 2.97. The molecule has 0 aromatic heterocycles. The van der Waals surface area contributed by atoms with Gasteiger partial charge >= 0.3 is 6.18 Å². The van der Waals surface area contributed by atoms with Crippen LogP contribution in [0.5, 0.6) is 0 Å². The Morgan fingerprint density at radius 1 is 1.21 bits per heavy atom. The Kier molecular flexibility index (Phi) is 2.01. The molecule has 0 amide bonds. The highest BCUT2D eigenvalue weighted by molar-refractivity contribution is 5.35. The first kappa shape index (κ1) is 9.49. The molecule has 0 unspecified atom stereocenters. The third kappa shape index (κ3) is 1.74. The lowest BCUT2D eigenvalue weighted by atomic mass is 10.1. The van der Waals surface area contributed by atoms with E-state index in [0.717, 1.165) is 18.6 Å². The van der Waals surface area contributed by atoms with Gasteiger partial charge in [0.1, 0.15) is 5.82 Å². The minimum absolute atomic E-state index is 0.0803. The summed E-state index contributed by atoms with van der Waals surface area (Å²) in [6.07, 6.45) is -1.94. The van der Waals surface area contributed by atoms with E-state index in [1.807, 2.05) is 6.42 Å². The summed E-state index contributed by atoms with van der Waals surface area (Å²) in [5, 5.41) is 0. The van der Waals surface area contributed by atoms with Crippen LogP contribution in [0.4, 0.5) is 17.6 Å². The van der Waals surface area contributed by atoms with Gasteiger partial charge in [-0.15, -0.1) is 0 Å². The molecule has 75 valence electrons. The Labute approximate surface area is 78.5 Å². The second-order valence-corrected chi connectivity index (χ2v) is 3.31. The average Bonchev–Trinajstić information content (AvgIpc) is 2.85. The molecular weight excluding hydrogens is 196 g/mol. The van der Waals surface area contributed by atoms with Crippen molar-refractivity contribution in [2.45, 2.75) is 18.5 Å². The quantitative estimate of drug-likeness (QED) is 0.612. The van der Waals surface area contributed by atoms with Crippen LogP contribution in [0.25, 0.3) is 0 Å². The predicted molar refractivity (Wildman–Crippen MR) is 43.1 cm³/mol. The summed E-state index contributed by atoms with van der Waals surface area (Å²) >= 11 is 0. The predicted octanol–water partition coefficient (Wildman–Crippen LogP) is 3.54. The van der Waals surface area contributed by atoms with Crippen molar-refractivity contribution in [3.05, 3.63) is 41.6 Å². The smallest absolute Gasteiger partial charge is 0.206 e. The van der Waals surface area contributed by atoms with Gasteiger partial charge in [0.15, 0.2) is 0 Å². The van der Waals surface area contributed by atoms with Crippen LogP contribution in [0.15, 0.2) is 18.2 Å². The molecule has 0 saturated heterocycles. The number of rotatable bonds is 1. The molecule has 4 heteroatoms. The zero-order chi connectivity index (χ0) is 10.3. The van der Waals surface area contributed by atoms with Crippen LogP contribution in [-0.4, -0.2) is 0 Å². The summed E-state index contributed by atoms with van der Waals surface area (Å²) in [5.41, 5.74) is -0.631. The van der Waals surface area contributed by atoms with Gasteiger partial charge in [0.05, 0.1) is 5.56 Å². The van der Waals surface area contributed by atoms with Crippen LogP contribution in [0.1, 0.15) is 23.5 Å². The van der Waals surface area contributed by atoms with E-state index in [1.165, 1.54) is 6.07 Å². The minimum Gasteiger partial charge on any atom is -0.206 e. The molecule has 2 rings (SSSR count). The van der Waals surface area contributed by atoms with Crippen molar-refractivity contribution in [1.82, 2.24) is 0 Å². The maximum absolute atomic E-state index is 12.8. The van der Waals surface area contributed by atoms with Crippen molar-refractivity contribution >= 4 is 0 Å². The third-order valence-electron chi connectivity index (χ3n) is 2.20. The Hall–Kier alpha value is -1.06. The van der Waals surface area contributed by atoms with Gasteiger partial charge in [-0.25, -0.2) is 4.39 Å². The molecular formula is C10H7F4. The molecule has 1 aromatic rings. The lowest BCUT2D eigenvalue weighted by Crippen LogP contribution is -2.08. The van der Waals surface area contributed by atoms with Gasteiger partial charge < -0.3 is 0 Å². The van der Waals surface area contributed by atoms with Crippen LogP contribution in [-0.2, 0) is 6.18 Å². The van der Waals surface area contributed by atoms with Crippen molar-refractivity contribution in [3.8, 4) is 0 Å². The number of hydrogen-bond acceptors (Lipinski definition) is 0. The summed E-state index contributed by atoms with van der Waals surface area (Å²) in [5.74, 6) is -1.13.